The summed E-state index contributed by atoms with van der Waals surface area (Å²) in [6, 6.07) is 5.70. The number of carboxylic acids is 1. The molecule has 1 aromatic rings. The lowest BCUT2D eigenvalue weighted by molar-refractivity contribution is -0.138. The van der Waals surface area contributed by atoms with E-state index in [4.69, 9.17) is 5.11 Å². The molecule has 1 aliphatic rings. The van der Waals surface area contributed by atoms with Crippen molar-refractivity contribution in [2.75, 3.05) is 0 Å². The summed E-state index contributed by atoms with van der Waals surface area (Å²) in [5.41, 5.74) is 0.894. The molecule has 1 amide bonds. The number of carboxylic acid groups (broad SMARTS) is 1. The Morgan fingerprint density at radius 1 is 1.57 bits per heavy atom. The number of hydrogen-bond acceptors (Lipinski definition) is 5. The SMILES string of the molecule is O=C(O)CC1SC(=NN=Cc2cccc(Br)c2I)NC1=O. The molecule has 2 N–H and O–H groups in total. The molecule has 1 aromatic carbocycles. The molecular weight excluding hydrogens is 473 g/mol. The highest BCUT2D eigenvalue weighted by Crippen LogP contribution is 2.23. The van der Waals surface area contributed by atoms with Gasteiger partial charge in [-0.25, -0.2) is 0 Å². The summed E-state index contributed by atoms with van der Waals surface area (Å²) in [6.07, 6.45) is 1.35. The van der Waals surface area contributed by atoms with Gasteiger partial charge in [0.15, 0.2) is 5.17 Å². The fourth-order valence-electron chi connectivity index (χ4n) is 1.51. The van der Waals surface area contributed by atoms with Crippen LogP contribution in [-0.2, 0) is 9.59 Å². The van der Waals surface area contributed by atoms with Gasteiger partial charge in [-0.3, -0.25) is 9.59 Å². The number of thioether (sulfide) groups is 1. The summed E-state index contributed by atoms with van der Waals surface area (Å²) < 4.78 is 1.97. The highest BCUT2D eigenvalue weighted by atomic mass is 127. The first kappa shape index (κ1) is 16.4. The van der Waals surface area contributed by atoms with Crippen molar-refractivity contribution < 1.29 is 14.7 Å². The number of hydrogen-bond donors (Lipinski definition) is 2. The molecule has 1 atom stereocenters. The highest BCUT2D eigenvalue weighted by Gasteiger charge is 2.32. The molecule has 110 valence electrons. The summed E-state index contributed by atoms with van der Waals surface area (Å²) in [5, 5.41) is 18.7. The van der Waals surface area contributed by atoms with Crippen LogP contribution in [-0.4, -0.2) is 33.6 Å². The number of halogens is 2. The Kier molecular flexibility index (Phi) is 5.76. The fraction of sp³-hybridized carbons (Fsp3) is 0.167. The first-order valence-corrected chi connectivity index (χ1v) is 8.47. The Hall–Kier alpha value is -0.940. The van der Waals surface area contributed by atoms with Gasteiger partial charge in [0.05, 0.1) is 12.6 Å². The average Bonchev–Trinajstić information content (AvgIpc) is 2.74. The van der Waals surface area contributed by atoms with Gasteiger partial charge < -0.3 is 10.4 Å². The minimum Gasteiger partial charge on any atom is -0.481 e. The topological polar surface area (TPSA) is 91.1 Å². The Morgan fingerprint density at radius 2 is 2.33 bits per heavy atom. The maximum absolute atomic E-state index is 11.5. The minimum atomic E-state index is -1.02. The van der Waals surface area contributed by atoms with E-state index < -0.39 is 11.2 Å². The number of nitrogens with one attached hydrogen (secondary N) is 1. The molecule has 0 aromatic heterocycles. The van der Waals surface area contributed by atoms with Gasteiger partial charge in [0.2, 0.25) is 5.91 Å². The number of carbonyl (C=O) groups is 2. The van der Waals surface area contributed by atoms with Crippen molar-refractivity contribution in [3.8, 4) is 0 Å². The number of aliphatic carboxylic acids is 1. The number of rotatable bonds is 4. The summed E-state index contributed by atoms with van der Waals surface area (Å²) in [6.45, 7) is 0. The van der Waals surface area contributed by atoms with E-state index in [2.05, 4.69) is 54.0 Å². The molecular formula is C12H9BrIN3O3S. The molecule has 21 heavy (non-hydrogen) atoms. The van der Waals surface area contributed by atoms with Crippen LogP contribution >= 0.6 is 50.3 Å². The summed E-state index contributed by atoms with van der Waals surface area (Å²) in [5.74, 6) is -1.37. The molecule has 1 fully saturated rings. The molecule has 9 heteroatoms. The quantitative estimate of drug-likeness (QED) is 0.392. The van der Waals surface area contributed by atoms with E-state index >= 15 is 0 Å². The molecule has 1 unspecified atom stereocenters. The lowest BCUT2D eigenvalue weighted by Crippen LogP contribution is -2.26. The highest BCUT2D eigenvalue weighted by molar-refractivity contribution is 14.1. The van der Waals surface area contributed by atoms with Crippen molar-refractivity contribution in [3.63, 3.8) is 0 Å². The zero-order valence-corrected chi connectivity index (χ0v) is 15.0. The molecule has 0 saturated carbocycles. The van der Waals surface area contributed by atoms with Gasteiger partial charge in [-0.1, -0.05) is 23.9 Å². The molecule has 0 bridgehead atoms. The van der Waals surface area contributed by atoms with Crippen LogP contribution in [0.15, 0.2) is 32.9 Å². The van der Waals surface area contributed by atoms with Crippen molar-refractivity contribution in [3.05, 3.63) is 31.8 Å². The zero-order chi connectivity index (χ0) is 15.4. The van der Waals surface area contributed by atoms with E-state index in [-0.39, 0.29) is 12.3 Å². The maximum Gasteiger partial charge on any atom is 0.305 e. The third kappa shape index (κ3) is 4.51. The van der Waals surface area contributed by atoms with Crippen molar-refractivity contribution >= 4 is 73.5 Å². The standard InChI is InChI=1S/C12H9BrIN3O3S/c13-7-3-1-2-6(10(7)14)5-15-17-12-16-11(20)8(21-12)4-9(18)19/h1-3,5,8H,4H2,(H,18,19)(H,16,17,20). The van der Waals surface area contributed by atoms with E-state index in [1.165, 1.54) is 0 Å². The molecule has 1 heterocycles. The average molecular weight is 482 g/mol. The Bertz CT molecular complexity index is 651. The largest absolute Gasteiger partial charge is 0.481 e. The third-order valence-corrected chi connectivity index (χ3v) is 6.14. The van der Waals surface area contributed by atoms with Gasteiger partial charge in [0.1, 0.15) is 5.25 Å². The van der Waals surface area contributed by atoms with Crippen LogP contribution in [0.2, 0.25) is 0 Å². The molecule has 0 radical (unpaired) electrons. The van der Waals surface area contributed by atoms with Gasteiger partial charge in [0, 0.05) is 13.6 Å². The molecule has 0 spiro atoms. The lowest BCUT2D eigenvalue weighted by atomic mass is 10.2. The van der Waals surface area contributed by atoms with Crippen molar-refractivity contribution in [2.24, 2.45) is 10.2 Å². The second kappa shape index (κ2) is 7.36. The molecule has 1 saturated heterocycles. The van der Waals surface area contributed by atoms with Gasteiger partial charge in [-0.15, -0.1) is 5.10 Å². The lowest BCUT2D eigenvalue weighted by Gasteiger charge is -1.99. The Labute approximate surface area is 146 Å². The fourth-order valence-corrected chi connectivity index (χ4v) is 3.30. The first-order chi connectivity index (χ1) is 9.97. The normalized spacial score (nSPS) is 20.2. The summed E-state index contributed by atoms with van der Waals surface area (Å²) >= 11 is 6.68. The van der Waals surface area contributed by atoms with Crippen LogP contribution in [0.1, 0.15) is 12.0 Å². The maximum atomic E-state index is 11.5. The Balaban J connectivity index is 2.05. The van der Waals surface area contributed by atoms with Crippen LogP contribution in [0.25, 0.3) is 0 Å². The third-order valence-electron chi connectivity index (χ3n) is 2.46. The van der Waals surface area contributed by atoms with E-state index in [0.717, 1.165) is 25.4 Å². The van der Waals surface area contributed by atoms with Gasteiger partial charge in [-0.2, -0.15) is 5.10 Å². The first-order valence-electron chi connectivity index (χ1n) is 5.71. The number of carbonyl (C=O) groups excluding carboxylic acids is 1. The predicted octanol–water partition coefficient (Wildman–Crippen LogP) is 2.45. The van der Waals surface area contributed by atoms with E-state index in [1.54, 1.807) is 6.21 Å². The van der Waals surface area contributed by atoms with Crippen LogP contribution in [0.5, 0.6) is 0 Å². The van der Waals surface area contributed by atoms with Crippen molar-refractivity contribution in [2.45, 2.75) is 11.7 Å². The monoisotopic (exact) mass is 481 g/mol. The smallest absolute Gasteiger partial charge is 0.305 e. The van der Waals surface area contributed by atoms with Crippen LogP contribution < -0.4 is 5.32 Å². The number of nitrogens with zero attached hydrogens (tertiary/aromatic N) is 2. The van der Waals surface area contributed by atoms with Crippen molar-refractivity contribution in [1.29, 1.82) is 0 Å². The van der Waals surface area contributed by atoms with Gasteiger partial charge >= 0.3 is 5.97 Å². The Morgan fingerprint density at radius 3 is 3.05 bits per heavy atom. The summed E-state index contributed by atoms with van der Waals surface area (Å²) in [4.78, 5) is 22.1. The molecule has 6 nitrogen and oxygen atoms in total. The van der Waals surface area contributed by atoms with Crippen LogP contribution in [0, 0.1) is 3.57 Å². The van der Waals surface area contributed by atoms with Crippen LogP contribution in [0.4, 0.5) is 0 Å². The second-order valence-corrected chi connectivity index (χ2v) is 7.11. The van der Waals surface area contributed by atoms with E-state index in [0.29, 0.717) is 5.17 Å². The predicted molar refractivity (Wildman–Crippen MR) is 93.7 cm³/mol. The van der Waals surface area contributed by atoms with Gasteiger partial charge in [0.25, 0.3) is 0 Å². The summed E-state index contributed by atoms with van der Waals surface area (Å²) in [7, 11) is 0. The number of amidine groups is 1. The van der Waals surface area contributed by atoms with Crippen molar-refractivity contribution in [1.82, 2.24) is 5.32 Å². The number of benzene rings is 1. The van der Waals surface area contributed by atoms with Crippen LogP contribution in [0.3, 0.4) is 0 Å². The number of amides is 1. The van der Waals surface area contributed by atoms with E-state index in [9.17, 15) is 9.59 Å². The van der Waals surface area contributed by atoms with Gasteiger partial charge in [-0.05, 0) is 44.6 Å². The molecule has 2 rings (SSSR count). The van der Waals surface area contributed by atoms with E-state index in [1.807, 2.05) is 18.2 Å². The zero-order valence-electron chi connectivity index (χ0n) is 10.4. The minimum absolute atomic E-state index is 0.233. The second-order valence-electron chi connectivity index (χ2n) is 3.99. The molecule has 1 aliphatic heterocycles. The molecule has 0 aliphatic carbocycles.